The fourth-order valence-electron chi connectivity index (χ4n) is 3.28. The zero-order valence-corrected chi connectivity index (χ0v) is 15.0. The van der Waals surface area contributed by atoms with Crippen LogP contribution in [0, 0.1) is 0 Å². The third-order valence-corrected chi connectivity index (χ3v) is 4.59. The van der Waals surface area contributed by atoms with E-state index in [0.717, 1.165) is 11.1 Å². The average molecular weight is 364 g/mol. The molecule has 1 saturated heterocycles. The number of para-hydroxylation sites is 1. The number of morpholine rings is 1. The van der Waals surface area contributed by atoms with Crippen LogP contribution in [0.2, 0.25) is 0 Å². The summed E-state index contributed by atoms with van der Waals surface area (Å²) in [7, 11) is 0. The lowest BCUT2D eigenvalue weighted by atomic mass is 10.0. The minimum absolute atomic E-state index is 0.0865. The van der Waals surface area contributed by atoms with Gasteiger partial charge in [0.15, 0.2) is 11.3 Å². The van der Waals surface area contributed by atoms with Gasteiger partial charge in [0, 0.05) is 37.3 Å². The molecule has 3 aromatic rings. The van der Waals surface area contributed by atoms with Crippen molar-refractivity contribution in [2.45, 2.75) is 6.92 Å². The zero-order valence-electron chi connectivity index (χ0n) is 15.0. The number of hydrogen-bond acceptors (Lipinski definition) is 5. The normalized spacial score (nSPS) is 14.3. The van der Waals surface area contributed by atoms with Crippen LogP contribution in [-0.4, -0.2) is 32.2 Å². The molecular formula is C21H20N2O4. The number of benzene rings is 2. The minimum atomic E-state index is -0.141. The molecule has 6 nitrogen and oxygen atoms in total. The van der Waals surface area contributed by atoms with Gasteiger partial charge in [0.25, 0.3) is 0 Å². The molecule has 1 amide bonds. The van der Waals surface area contributed by atoms with Gasteiger partial charge in [0.2, 0.25) is 5.91 Å². The lowest BCUT2D eigenvalue weighted by Gasteiger charge is -2.27. The van der Waals surface area contributed by atoms with E-state index in [4.69, 9.17) is 9.15 Å². The van der Waals surface area contributed by atoms with Crippen LogP contribution in [-0.2, 0) is 9.53 Å². The summed E-state index contributed by atoms with van der Waals surface area (Å²) in [6.07, 6.45) is 0. The van der Waals surface area contributed by atoms with Gasteiger partial charge in [-0.05, 0) is 23.8 Å². The van der Waals surface area contributed by atoms with Crippen LogP contribution >= 0.6 is 0 Å². The second-order valence-corrected chi connectivity index (χ2v) is 6.49. The summed E-state index contributed by atoms with van der Waals surface area (Å²) >= 11 is 0. The number of fused-ring (bicyclic) bond motifs is 1. The highest BCUT2D eigenvalue weighted by molar-refractivity contribution is 5.95. The number of carbonyl (C=O) groups excluding carboxylic acids is 1. The van der Waals surface area contributed by atoms with Crippen molar-refractivity contribution in [1.29, 1.82) is 0 Å². The third kappa shape index (κ3) is 3.57. The molecule has 2 aromatic carbocycles. The first-order valence-corrected chi connectivity index (χ1v) is 8.89. The number of amides is 1. The highest BCUT2D eigenvalue weighted by Gasteiger charge is 2.16. The molecule has 0 spiro atoms. The molecule has 0 radical (unpaired) electrons. The monoisotopic (exact) mass is 364 g/mol. The van der Waals surface area contributed by atoms with Gasteiger partial charge in [-0.2, -0.15) is 0 Å². The van der Waals surface area contributed by atoms with Crippen LogP contribution in [0.5, 0.6) is 0 Å². The van der Waals surface area contributed by atoms with Crippen molar-refractivity contribution < 1.29 is 13.9 Å². The van der Waals surface area contributed by atoms with E-state index in [0.29, 0.717) is 48.8 Å². The Balaban J connectivity index is 1.76. The number of nitrogens with one attached hydrogen (secondary N) is 1. The minimum Gasteiger partial charge on any atom is -0.440 e. The number of ether oxygens (including phenoxy) is 1. The van der Waals surface area contributed by atoms with E-state index < -0.39 is 0 Å². The summed E-state index contributed by atoms with van der Waals surface area (Å²) in [6, 6.07) is 14.6. The van der Waals surface area contributed by atoms with Gasteiger partial charge >= 0.3 is 0 Å². The molecule has 4 rings (SSSR count). The molecule has 138 valence electrons. The molecular weight excluding hydrogens is 344 g/mol. The Hall–Kier alpha value is -3.12. The third-order valence-electron chi connectivity index (χ3n) is 4.59. The van der Waals surface area contributed by atoms with Gasteiger partial charge in [-0.1, -0.05) is 24.3 Å². The first-order valence-electron chi connectivity index (χ1n) is 8.89. The van der Waals surface area contributed by atoms with Gasteiger partial charge in [0.05, 0.1) is 18.6 Å². The smallest absolute Gasteiger partial charge is 0.221 e. The summed E-state index contributed by atoms with van der Waals surface area (Å²) in [4.78, 5) is 26.2. The molecule has 27 heavy (non-hydrogen) atoms. The summed E-state index contributed by atoms with van der Waals surface area (Å²) in [5, 5.41) is 3.34. The Labute approximate surface area is 156 Å². The van der Waals surface area contributed by atoms with Crippen molar-refractivity contribution >= 4 is 28.4 Å². The molecule has 1 aliphatic rings. The van der Waals surface area contributed by atoms with E-state index in [2.05, 4.69) is 5.32 Å². The second-order valence-electron chi connectivity index (χ2n) is 6.49. The molecule has 0 unspecified atom stereocenters. The Morgan fingerprint density at radius 1 is 1.07 bits per heavy atom. The van der Waals surface area contributed by atoms with Crippen LogP contribution in [0.25, 0.3) is 22.1 Å². The molecule has 1 N–H and O–H groups in total. The van der Waals surface area contributed by atoms with E-state index in [1.54, 1.807) is 6.07 Å². The lowest BCUT2D eigenvalue weighted by Crippen LogP contribution is -2.36. The standard InChI is InChI=1S/C21H20N2O4/c1-14(24)22-18-5-3-2-4-16(18)15-6-7-20-17(12-15)19(25)13-21(27-20)23-8-10-26-11-9-23/h2-7,12-13H,8-11H2,1H3,(H,22,24). The second kappa shape index (κ2) is 7.25. The molecule has 0 atom stereocenters. The Morgan fingerprint density at radius 2 is 1.85 bits per heavy atom. The quantitative estimate of drug-likeness (QED) is 0.772. The van der Waals surface area contributed by atoms with Crippen molar-refractivity contribution in [1.82, 2.24) is 0 Å². The summed E-state index contributed by atoms with van der Waals surface area (Å²) in [5.74, 6) is 0.431. The number of anilines is 2. The highest BCUT2D eigenvalue weighted by atomic mass is 16.5. The predicted molar refractivity (Wildman–Crippen MR) is 105 cm³/mol. The van der Waals surface area contributed by atoms with Crippen LogP contribution in [0.15, 0.2) is 57.7 Å². The maximum Gasteiger partial charge on any atom is 0.221 e. The van der Waals surface area contributed by atoms with Crippen molar-refractivity contribution in [2.24, 2.45) is 0 Å². The number of rotatable bonds is 3. The molecule has 1 aromatic heterocycles. The van der Waals surface area contributed by atoms with Crippen LogP contribution in [0.1, 0.15) is 6.92 Å². The van der Waals surface area contributed by atoms with Gasteiger partial charge in [-0.25, -0.2) is 0 Å². The van der Waals surface area contributed by atoms with E-state index in [-0.39, 0.29) is 11.3 Å². The first-order chi connectivity index (χ1) is 13.1. The molecule has 6 heteroatoms. The van der Waals surface area contributed by atoms with Crippen molar-refractivity contribution in [2.75, 3.05) is 36.5 Å². The average Bonchev–Trinajstić information content (AvgIpc) is 2.68. The summed E-state index contributed by atoms with van der Waals surface area (Å²) in [5.41, 5.74) is 2.87. The van der Waals surface area contributed by atoms with E-state index >= 15 is 0 Å². The Kier molecular flexibility index (Phi) is 4.64. The molecule has 0 bridgehead atoms. The fourth-order valence-corrected chi connectivity index (χ4v) is 3.28. The van der Waals surface area contributed by atoms with Crippen LogP contribution in [0.4, 0.5) is 11.6 Å². The molecule has 0 aliphatic carbocycles. The topological polar surface area (TPSA) is 71.8 Å². The van der Waals surface area contributed by atoms with Crippen LogP contribution < -0.4 is 15.6 Å². The van der Waals surface area contributed by atoms with Crippen LogP contribution in [0.3, 0.4) is 0 Å². The Bertz CT molecular complexity index is 1050. The van der Waals surface area contributed by atoms with Gasteiger partial charge < -0.3 is 19.4 Å². The SMILES string of the molecule is CC(=O)Nc1ccccc1-c1ccc2oc(N3CCOCC3)cc(=O)c2c1. The van der Waals surface area contributed by atoms with Gasteiger partial charge in [-0.3, -0.25) is 9.59 Å². The largest absolute Gasteiger partial charge is 0.440 e. The fraction of sp³-hybridized carbons (Fsp3) is 0.238. The van der Waals surface area contributed by atoms with Crippen molar-refractivity contribution in [3.63, 3.8) is 0 Å². The zero-order chi connectivity index (χ0) is 18.8. The maximum absolute atomic E-state index is 12.7. The molecule has 2 heterocycles. The van der Waals surface area contributed by atoms with E-state index in [1.165, 1.54) is 13.0 Å². The van der Waals surface area contributed by atoms with Gasteiger partial charge in [-0.15, -0.1) is 0 Å². The van der Waals surface area contributed by atoms with Crippen molar-refractivity contribution in [3.05, 3.63) is 58.8 Å². The van der Waals surface area contributed by atoms with Gasteiger partial charge in [0.1, 0.15) is 5.58 Å². The highest BCUT2D eigenvalue weighted by Crippen LogP contribution is 2.30. The number of hydrogen-bond donors (Lipinski definition) is 1. The maximum atomic E-state index is 12.7. The lowest BCUT2D eigenvalue weighted by molar-refractivity contribution is -0.114. The van der Waals surface area contributed by atoms with Crippen molar-refractivity contribution in [3.8, 4) is 11.1 Å². The first kappa shape index (κ1) is 17.3. The van der Waals surface area contributed by atoms with E-state index in [9.17, 15) is 9.59 Å². The predicted octanol–water partition coefficient (Wildman–Crippen LogP) is 3.26. The summed E-state index contributed by atoms with van der Waals surface area (Å²) in [6.45, 7) is 4.13. The number of nitrogens with zero attached hydrogens (tertiary/aromatic N) is 1. The molecule has 0 saturated carbocycles. The van der Waals surface area contributed by atoms with E-state index in [1.807, 2.05) is 41.3 Å². The molecule has 1 fully saturated rings. The summed E-state index contributed by atoms with van der Waals surface area (Å²) < 4.78 is 11.3. The molecule has 1 aliphatic heterocycles. The Morgan fingerprint density at radius 3 is 2.63 bits per heavy atom. The number of carbonyl (C=O) groups is 1.